The normalized spacial score (nSPS) is 22.8. The topological polar surface area (TPSA) is 29.5 Å². The Balaban J connectivity index is 1.51. The van der Waals surface area contributed by atoms with Crippen LogP contribution in [-0.4, -0.2) is 31.0 Å². The van der Waals surface area contributed by atoms with E-state index in [1.54, 1.807) is 7.11 Å². The SMILES string of the molecule is COc1ccc(CC2CCN(C(=O)C3CCCCC3)C2)cc1. The molecule has 3 heteroatoms. The van der Waals surface area contributed by atoms with Gasteiger partial charge in [-0.1, -0.05) is 31.4 Å². The molecule has 0 N–H and O–H groups in total. The van der Waals surface area contributed by atoms with Gasteiger partial charge in [0.05, 0.1) is 7.11 Å². The molecule has 0 aromatic heterocycles. The molecule has 1 aliphatic heterocycles. The van der Waals surface area contributed by atoms with Crippen molar-refractivity contribution in [3.05, 3.63) is 29.8 Å². The smallest absolute Gasteiger partial charge is 0.225 e. The minimum atomic E-state index is 0.313. The van der Waals surface area contributed by atoms with Crippen LogP contribution in [0.1, 0.15) is 44.1 Å². The number of hydrogen-bond acceptors (Lipinski definition) is 2. The number of likely N-dealkylation sites (tertiary alicyclic amines) is 1. The molecule has 22 heavy (non-hydrogen) atoms. The summed E-state index contributed by atoms with van der Waals surface area (Å²) in [5.41, 5.74) is 1.35. The minimum Gasteiger partial charge on any atom is -0.497 e. The number of carbonyl (C=O) groups excluding carboxylic acids is 1. The Morgan fingerprint density at radius 3 is 2.55 bits per heavy atom. The Morgan fingerprint density at radius 2 is 1.86 bits per heavy atom. The number of rotatable bonds is 4. The molecule has 1 unspecified atom stereocenters. The fraction of sp³-hybridized carbons (Fsp3) is 0.632. The zero-order valence-corrected chi connectivity index (χ0v) is 13.6. The number of nitrogens with zero attached hydrogens (tertiary/aromatic N) is 1. The highest BCUT2D eigenvalue weighted by atomic mass is 16.5. The van der Waals surface area contributed by atoms with Crippen LogP contribution in [0.4, 0.5) is 0 Å². The molecule has 1 atom stereocenters. The number of carbonyl (C=O) groups is 1. The van der Waals surface area contributed by atoms with Crippen LogP contribution < -0.4 is 4.74 Å². The zero-order chi connectivity index (χ0) is 15.4. The van der Waals surface area contributed by atoms with E-state index in [4.69, 9.17) is 4.74 Å². The lowest BCUT2D eigenvalue weighted by molar-refractivity contribution is -0.135. The number of hydrogen-bond donors (Lipinski definition) is 0. The van der Waals surface area contributed by atoms with Crippen LogP contribution in [-0.2, 0) is 11.2 Å². The summed E-state index contributed by atoms with van der Waals surface area (Å²) in [6.07, 6.45) is 8.21. The van der Waals surface area contributed by atoms with Gasteiger partial charge in [-0.15, -0.1) is 0 Å². The summed E-state index contributed by atoms with van der Waals surface area (Å²) >= 11 is 0. The van der Waals surface area contributed by atoms with Gasteiger partial charge in [0.15, 0.2) is 0 Å². The van der Waals surface area contributed by atoms with Crippen LogP contribution in [0.3, 0.4) is 0 Å². The van der Waals surface area contributed by atoms with E-state index < -0.39 is 0 Å². The van der Waals surface area contributed by atoms with Crippen LogP contribution in [0.5, 0.6) is 5.75 Å². The molecule has 0 radical (unpaired) electrons. The summed E-state index contributed by atoms with van der Waals surface area (Å²) in [5, 5.41) is 0. The second-order valence-electron chi connectivity index (χ2n) is 6.83. The number of benzene rings is 1. The Morgan fingerprint density at radius 1 is 1.14 bits per heavy atom. The molecule has 1 saturated carbocycles. The summed E-state index contributed by atoms with van der Waals surface area (Å²) in [6, 6.07) is 8.33. The molecule has 1 aromatic carbocycles. The molecular formula is C19H27NO2. The van der Waals surface area contributed by atoms with E-state index in [2.05, 4.69) is 17.0 Å². The minimum absolute atomic E-state index is 0.313. The molecule has 1 saturated heterocycles. The number of amides is 1. The molecule has 1 aliphatic carbocycles. The van der Waals surface area contributed by atoms with Gasteiger partial charge in [-0.25, -0.2) is 0 Å². The van der Waals surface area contributed by atoms with Gasteiger partial charge < -0.3 is 9.64 Å². The van der Waals surface area contributed by atoms with Gasteiger partial charge in [-0.05, 0) is 49.3 Å². The largest absolute Gasteiger partial charge is 0.497 e. The molecule has 0 spiro atoms. The summed E-state index contributed by atoms with van der Waals surface area (Å²) < 4.78 is 5.20. The van der Waals surface area contributed by atoms with Gasteiger partial charge in [0.1, 0.15) is 5.75 Å². The highest BCUT2D eigenvalue weighted by Crippen LogP contribution is 2.29. The molecule has 0 bridgehead atoms. The second kappa shape index (κ2) is 7.17. The van der Waals surface area contributed by atoms with Crippen LogP contribution in [0.25, 0.3) is 0 Å². The Bertz CT molecular complexity index is 491. The second-order valence-corrected chi connectivity index (χ2v) is 6.83. The first-order valence-electron chi connectivity index (χ1n) is 8.68. The van der Waals surface area contributed by atoms with E-state index in [1.165, 1.54) is 24.8 Å². The third-order valence-corrected chi connectivity index (χ3v) is 5.24. The molecular weight excluding hydrogens is 274 g/mol. The lowest BCUT2D eigenvalue weighted by Crippen LogP contribution is -2.35. The van der Waals surface area contributed by atoms with E-state index in [1.807, 2.05) is 12.1 Å². The predicted molar refractivity (Wildman–Crippen MR) is 88.0 cm³/mol. The molecule has 2 aliphatic rings. The van der Waals surface area contributed by atoms with Crippen LogP contribution in [0, 0.1) is 11.8 Å². The van der Waals surface area contributed by atoms with Crippen LogP contribution in [0.2, 0.25) is 0 Å². The maximum absolute atomic E-state index is 12.6. The fourth-order valence-electron chi connectivity index (χ4n) is 3.90. The average Bonchev–Trinajstić information content (AvgIpc) is 3.04. The molecule has 3 rings (SSSR count). The van der Waals surface area contributed by atoms with Crippen molar-refractivity contribution in [2.75, 3.05) is 20.2 Å². The van der Waals surface area contributed by atoms with Crippen molar-refractivity contribution in [3.63, 3.8) is 0 Å². The average molecular weight is 301 g/mol. The summed E-state index contributed by atoms with van der Waals surface area (Å²) in [5.74, 6) is 2.26. The van der Waals surface area contributed by atoms with Gasteiger partial charge in [-0.2, -0.15) is 0 Å². The standard InChI is InChI=1S/C19H27NO2/c1-22-18-9-7-15(8-10-18)13-16-11-12-20(14-16)19(21)17-5-3-2-4-6-17/h7-10,16-17H,2-6,11-14H2,1H3. The van der Waals surface area contributed by atoms with Gasteiger partial charge in [0, 0.05) is 19.0 Å². The van der Waals surface area contributed by atoms with Crippen molar-refractivity contribution in [2.24, 2.45) is 11.8 Å². The molecule has 1 amide bonds. The van der Waals surface area contributed by atoms with Crippen molar-refractivity contribution in [3.8, 4) is 5.75 Å². The third kappa shape index (κ3) is 3.63. The number of methoxy groups -OCH3 is 1. The summed E-state index contributed by atoms with van der Waals surface area (Å²) in [6.45, 7) is 1.90. The maximum atomic E-state index is 12.6. The van der Waals surface area contributed by atoms with Crippen molar-refractivity contribution in [1.82, 2.24) is 4.90 Å². The molecule has 3 nitrogen and oxygen atoms in total. The monoisotopic (exact) mass is 301 g/mol. The van der Waals surface area contributed by atoms with Crippen LogP contribution in [0.15, 0.2) is 24.3 Å². The van der Waals surface area contributed by atoms with Gasteiger partial charge in [0.2, 0.25) is 5.91 Å². The van der Waals surface area contributed by atoms with E-state index in [0.717, 1.165) is 44.5 Å². The fourth-order valence-corrected chi connectivity index (χ4v) is 3.90. The molecule has 120 valence electrons. The van der Waals surface area contributed by atoms with E-state index >= 15 is 0 Å². The molecule has 1 aromatic rings. The van der Waals surface area contributed by atoms with E-state index in [9.17, 15) is 4.79 Å². The lowest BCUT2D eigenvalue weighted by atomic mass is 9.88. The Kier molecular flexibility index (Phi) is 5.01. The van der Waals surface area contributed by atoms with Gasteiger partial charge in [-0.3, -0.25) is 4.79 Å². The first-order valence-corrected chi connectivity index (χ1v) is 8.68. The first-order chi connectivity index (χ1) is 10.8. The van der Waals surface area contributed by atoms with Crippen molar-refractivity contribution in [2.45, 2.75) is 44.9 Å². The van der Waals surface area contributed by atoms with Crippen molar-refractivity contribution in [1.29, 1.82) is 0 Å². The van der Waals surface area contributed by atoms with Crippen molar-refractivity contribution < 1.29 is 9.53 Å². The van der Waals surface area contributed by atoms with Crippen LogP contribution >= 0.6 is 0 Å². The highest BCUT2D eigenvalue weighted by Gasteiger charge is 2.31. The van der Waals surface area contributed by atoms with E-state index in [-0.39, 0.29) is 0 Å². The third-order valence-electron chi connectivity index (χ3n) is 5.24. The zero-order valence-electron chi connectivity index (χ0n) is 13.6. The Labute approximate surface area is 133 Å². The predicted octanol–water partition coefficient (Wildman–Crippen LogP) is 3.67. The summed E-state index contributed by atoms with van der Waals surface area (Å²) in [4.78, 5) is 14.7. The van der Waals surface area contributed by atoms with Gasteiger partial charge in [0.25, 0.3) is 0 Å². The quantitative estimate of drug-likeness (QED) is 0.849. The van der Waals surface area contributed by atoms with E-state index in [0.29, 0.717) is 17.7 Å². The van der Waals surface area contributed by atoms with Crippen molar-refractivity contribution >= 4 is 5.91 Å². The summed E-state index contributed by atoms with van der Waals surface area (Å²) in [7, 11) is 1.70. The first kappa shape index (κ1) is 15.4. The maximum Gasteiger partial charge on any atom is 0.225 e. The highest BCUT2D eigenvalue weighted by molar-refractivity contribution is 5.79. The van der Waals surface area contributed by atoms with Gasteiger partial charge >= 0.3 is 0 Å². The lowest BCUT2D eigenvalue weighted by Gasteiger charge is -2.26. The Hall–Kier alpha value is -1.51. The molecule has 2 fully saturated rings. The molecule has 1 heterocycles. The number of ether oxygens (including phenoxy) is 1.